The molecule has 180 valence electrons. The molecule has 9 nitrogen and oxygen atoms in total. The summed E-state index contributed by atoms with van der Waals surface area (Å²) in [4.78, 5) is 33.4. The van der Waals surface area contributed by atoms with Crippen LogP contribution in [0.5, 0.6) is 11.5 Å². The lowest BCUT2D eigenvalue weighted by atomic mass is 9.89. The van der Waals surface area contributed by atoms with Crippen LogP contribution in [-0.2, 0) is 19.1 Å². The van der Waals surface area contributed by atoms with Crippen molar-refractivity contribution in [1.82, 2.24) is 9.55 Å². The maximum Gasteiger partial charge on any atom is 0.321 e. The van der Waals surface area contributed by atoms with Crippen molar-refractivity contribution in [1.29, 1.82) is 0 Å². The van der Waals surface area contributed by atoms with E-state index in [-0.39, 0.29) is 12.5 Å². The fourth-order valence-electron chi connectivity index (χ4n) is 4.46. The van der Waals surface area contributed by atoms with Crippen LogP contribution in [0.15, 0.2) is 42.5 Å². The van der Waals surface area contributed by atoms with Gasteiger partial charge in [0.15, 0.2) is 17.4 Å². The van der Waals surface area contributed by atoms with Crippen LogP contribution in [0.1, 0.15) is 24.9 Å². The van der Waals surface area contributed by atoms with Gasteiger partial charge in [-0.25, -0.2) is 4.98 Å². The van der Waals surface area contributed by atoms with Gasteiger partial charge in [-0.15, -0.1) is 0 Å². The smallest absolute Gasteiger partial charge is 0.321 e. The van der Waals surface area contributed by atoms with E-state index < -0.39 is 17.9 Å². The molecule has 1 aromatic heterocycles. The lowest BCUT2D eigenvalue weighted by Crippen LogP contribution is -2.50. The molecule has 0 saturated carbocycles. The quantitative estimate of drug-likeness (QED) is 0.271. The van der Waals surface area contributed by atoms with Crippen LogP contribution in [0.25, 0.3) is 11.0 Å². The van der Waals surface area contributed by atoms with E-state index >= 15 is 0 Å². The molecular formula is C25H29N3O6. The highest BCUT2D eigenvalue weighted by Crippen LogP contribution is 2.43. The third-order valence-corrected chi connectivity index (χ3v) is 5.96. The molecule has 0 radical (unpaired) electrons. The van der Waals surface area contributed by atoms with Crippen LogP contribution in [0.4, 0.5) is 5.95 Å². The molecule has 34 heavy (non-hydrogen) atoms. The minimum atomic E-state index is -1.09. The van der Waals surface area contributed by atoms with Crippen molar-refractivity contribution in [2.75, 3.05) is 46.0 Å². The van der Waals surface area contributed by atoms with Crippen molar-refractivity contribution in [3.05, 3.63) is 48.0 Å². The molecule has 1 aliphatic rings. The molecule has 0 bridgehead atoms. The molecule has 0 N–H and O–H groups in total. The summed E-state index contributed by atoms with van der Waals surface area (Å²) < 4.78 is 23.4. The Balaban J connectivity index is 1.95. The summed E-state index contributed by atoms with van der Waals surface area (Å²) in [6, 6.07) is 12.4. The largest absolute Gasteiger partial charge is 0.493 e. The van der Waals surface area contributed by atoms with Crippen molar-refractivity contribution in [3.8, 4) is 11.5 Å². The molecule has 2 heterocycles. The number of carbonyl (C=O) groups excluding carboxylic acids is 2. The van der Waals surface area contributed by atoms with Gasteiger partial charge < -0.3 is 23.5 Å². The van der Waals surface area contributed by atoms with Crippen molar-refractivity contribution in [2.45, 2.75) is 19.4 Å². The summed E-state index contributed by atoms with van der Waals surface area (Å²) in [5.41, 5.74) is 2.26. The molecule has 0 saturated heterocycles. The highest BCUT2D eigenvalue weighted by atomic mass is 16.5. The zero-order valence-corrected chi connectivity index (χ0v) is 19.8. The lowest BCUT2D eigenvalue weighted by molar-refractivity contribution is -0.153. The number of amides is 1. The molecule has 0 fully saturated rings. The number of anilines is 1. The molecule has 4 rings (SSSR count). The number of para-hydroxylation sites is 2. The molecule has 2 aromatic carbocycles. The molecule has 9 heteroatoms. The highest BCUT2D eigenvalue weighted by Gasteiger charge is 2.47. The van der Waals surface area contributed by atoms with Gasteiger partial charge in [0, 0.05) is 20.3 Å². The zero-order chi connectivity index (χ0) is 24.2. The second-order valence-electron chi connectivity index (χ2n) is 7.90. The average molecular weight is 468 g/mol. The van der Waals surface area contributed by atoms with E-state index in [2.05, 4.69) is 0 Å². The number of nitrogens with zero attached hydrogens (tertiary/aromatic N) is 3. The van der Waals surface area contributed by atoms with Crippen molar-refractivity contribution < 1.29 is 28.5 Å². The van der Waals surface area contributed by atoms with Crippen LogP contribution in [0.2, 0.25) is 0 Å². The van der Waals surface area contributed by atoms with Gasteiger partial charge in [-0.05, 0) is 43.2 Å². The minimum absolute atomic E-state index is 0.169. The third kappa shape index (κ3) is 4.07. The average Bonchev–Trinajstić information content (AvgIpc) is 3.23. The summed E-state index contributed by atoms with van der Waals surface area (Å²) in [6.07, 6.45) is 0.599. The number of hydrogen-bond acceptors (Lipinski definition) is 7. The maximum atomic E-state index is 13.8. The first kappa shape index (κ1) is 23.6. The van der Waals surface area contributed by atoms with Gasteiger partial charge in [0.25, 0.3) is 0 Å². The number of aromatic nitrogens is 2. The van der Waals surface area contributed by atoms with Crippen LogP contribution < -0.4 is 14.4 Å². The Kier molecular flexibility index (Phi) is 7.02. The van der Waals surface area contributed by atoms with Crippen molar-refractivity contribution in [3.63, 3.8) is 0 Å². The Hall–Kier alpha value is -3.59. The first-order valence-electron chi connectivity index (χ1n) is 11.2. The third-order valence-electron chi connectivity index (χ3n) is 5.96. The Labute approximate surface area is 198 Å². The summed E-state index contributed by atoms with van der Waals surface area (Å²) >= 11 is 0. The molecule has 3 aromatic rings. The SMILES string of the molecule is CCOC(=O)[C@H]1C(=O)N(CCCOC)c2nc3ccccc3n2[C@H]1c1ccc(OC)c(OC)c1. The number of methoxy groups -OCH3 is 3. The predicted octanol–water partition coefficient (Wildman–Crippen LogP) is 3.21. The van der Waals surface area contributed by atoms with E-state index in [0.717, 1.165) is 11.0 Å². The second kappa shape index (κ2) is 10.1. The fourth-order valence-corrected chi connectivity index (χ4v) is 4.46. The van der Waals surface area contributed by atoms with Gasteiger partial charge in [0.1, 0.15) is 0 Å². The van der Waals surface area contributed by atoms with E-state index in [9.17, 15) is 9.59 Å². The highest BCUT2D eigenvalue weighted by molar-refractivity contribution is 6.08. The number of rotatable bonds is 9. The summed E-state index contributed by atoms with van der Waals surface area (Å²) in [7, 11) is 4.72. The van der Waals surface area contributed by atoms with Gasteiger partial charge in [0.05, 0.1) is 37.9 Å². The first-order chi connectivity index (χ1) is 16.5. The second-order valence-corrected chi connectivity index (χ2v) is 7.90. The minimum Gasteiger partial charge on any atom is -0.493 e. The van der Waals surface area contributed by atoms with Crippen molar-refractivity contribution >= 4 is 28.9 Å². The summed E-state index contributed by atoms with van der Waals surface area (Å²) in [5.74, 6) is -0.473. The fraction of sp³-hybridized carbons (Fsp3) is 0.400. The number of imidazole rings is 1. The Bertz CT molecular complexity index is 1190. The first-order valence-corrected chi connectivity index (χ1v) is 11.2. The number of carbonyl (C=O) groups is 2. The van der Waals surface area contributed by atoms with Gasteiger partial charge in [-0.1, -0.05) is 18.2 Å². The van der Waals surface area contributed by atoms with E-state index in [1.165, 1.54) is 0 Å². The lowest BCUT2D eigenvalue weighted by Gasteiger charge is -2.38. The van der Waals surface area contributed by atoms with Gasteiger partial charge in [-0.3, -0.25) is 14.5 Å². The van der Waals surface area contributed by atoms with E-state index in [0.29, 0.717) is 42.6 Å². The predicted molar refractivity (Wildman–Crippen MR) is 126 cm³/mol. The standard InChI is InChI=1S/C25H29N3O6/c1-5-34-24(30)21-22(16-11-12-19(32-3)20(15-16)33-4)28-18-10-7-6-9-17(18)26-25(28)27(23(21)29)13-8-14-31-2/h6-7,9-12,15,21-22H,5,8,13-14H2,1-4H3/t21-,22+/m1/s1. The number of benzene rings is 2. The molecule has 2 atom stereocenters. The maximum absolute atomic E-state index is 13.8. The number of ether oxygens (including phenoxy) is 4. The van der Waals surface area contributed by atoms with Crippen molar-refractivity contribution in [2.24, 2.45) is 5.92 Å². The van der Waals surface area contributed by atoms with Crippen LogP contribution in [0.3, 0.4) is 0 Å². The van der Waals surface area contributed by atoms with Crippen LogP contribution >= 0.6 is 0 Å². The molecule has 0 unspecified atom stereocenters. The monoisotopic (exact) mass is 467 g/mol. The van der Waals surface area contributed by atoms with E-state index in [1.807, 2.05) is 34.9 Å². The summed E-state index contributed by atoms with van der Waals surface area (Å²) in [6.45, 7) is 2.74. The molecule has 0 aliphatic carbocycles. The molecule has 1 aliphatic heterocycles. The molecule has 0 spiro atoms. The Morgan fingerprint density at radius 1 is 1.06 bits per heavy atom. The molecular weight excluding hydrogens is 438 g/mol. The van der Waals surface area contributed by atoms with Gasteiger partial charge >= 0.3 is 5.97 Å². The van der Waals surface area contributed by atoms with Crippen LogP contribution in [0, 0.1) is 5.92 Å². The Morgan fingerprint density at radius 3 is 2.53 bits per heavy atom. The Morgan fingerprint density at radius 2 is 1.82 bits per heavy atom. The molecule has 1 amide bonds. The topological polar surface area (TPSA) is 92.1 Å². The number of esters is 1. The zero-order valence-electron chi connectivity index (χ0n) is 19.8. The number of hydrogen-bond donors (Lipinski definition) is 0. The number of fused-ring (bicyclic) bond motifs is 3. The van der Waals surface area contributed by atoms with Gasteiger partial charge in [0.2, 0.25) is 11.9 Å². The van der Waals surface area contributed by atoms with E-state index in [4.69, 9.17) is 23.9 Å². The van der Waals surface area contributed by atoms with Crippen LogP contribution in [-0.4, -0.2) is 62.5 Å². The normalized spacial score (nSPS) is 17.5. The van der Waals surface area contributed by atoms with E-state index in [1.54, 1.807) is 45.3 Å². The summed E-state index contributed by atoms with van der Waals surface area (Å²) in [5, 5.41) is 0. The van der Waals surface area contributed by atoms with Gasteiger partial charge in [-0.2, -0.15) is 0 Å².